The van der Waals surface area contributed by atoms with Gasteiger partial charge in [-0.15, -0.1) is 6.58 Å². The summed E-state index contributed by atoms with van der Waals surface area (Å²) in [4.78, 5) is 0. The molecule has 0 amide bonds. The Morgan fingerprint density at radius 3 is 1.56 bits per heavy atom. The third-order valence-corrected chi connectivity index (χ3v) is 15.1. The Labute approximate surface area is 157 Å². The van der Waals surface area contributed by atoms with Crippen molar-refractivity contribution in [3.8, 4) is 0 Å². The van der Waals surface area contributed by atoms with Gasteiger partial charge >= 0.3 is 0 Å². The fraction of sp³-hybridized carbons (Fsp3) is 0.895. The third kappa shape index (κ3) is 5.05. The van der Waals surface area contributed by atoms with E-state index in [0.717, 1.165) is 0 Å². The van der Waals surface area contributed by atoms with Crippen molar-refractivity contribution in [1.29, 1.82) is 0 Å². The summed E-state index contributed by atoms with van der Waals surface area (Å²) in [5.74, 6) is 0. The molecule has 1 fully saturated rings. The van der Waals surface area contributed by atoms with E-state index in [0.29, 0.717) is 0 Å². The lowest BCUT2D eigenvalue weighted by Gasteiger charge is -2.43. The molecule has 4 atom stereocenters. The zero-order valence-corrected chi connectivity index (χ0v) is 20.2. The van der Waals surface area contributed by atoms with Crippen molar-refractivity contribution in [1.82, 2.24) is 0 Å². The summed E-state index contributed by atoms with van der Waals surface area (Å²) >= 11 is 0. The lowest BCUT2D eigenvalue weighted by Crippen LogP contribution is -2.54. The standard InChI is InChI=1S/C19H40O4Si2/c1-13-14-15(22-24(9,10)18(2,3)4)16(17(20-8)21-14)23-25(11,12)19(5,6)7/h13-17H,1H2,2-12H3/t14-,15+,16+,17+/m0/s1. The Morgan fingerprint density at radius 2 is 1.24 bits per heavy atom. The summed E-state index contributed by atoms with van der Waals surface area (Å²) in [6, 6.07) is 0. The Balaban J connectivity index is 3.17. The minimum atomic E-state index is -1.99. The van der Waals surface area contributed by atoms with Gasteiger partial charge in [0, 0.05) is 7.11 Å². The molecule has 25 heavy (non-hydrogen) atoms. The highest BCUT2D eigenvalue weighted by Gasteiger charge is 2.53. The van der Waals surface area contributed by atoms with Gasteiger partial charge in [0.2, 0.25) is 0 Å². The molecule has 0 unspecified atom stereocenters. The van der Waals surface area contributed by atoms with Crippen LogP contribution in [-0.2, 0) is 18.3 Å². The highest BCUT2D eigenvalue weighted by atomic mass is 28.4. The van der Waals surface area contributed by atoms with Crippen LogP contribution >= 0.6 is 0 Å². The van der Waals surface area contributed by atoms with Crippen LogP contribution in [0.4, 0.5) is 0 Å². The molecule has 0 radical (unpaired) electrons. The van der Waals surface area contributed by atoms with Crippen molar-refractivity contribution in [2.45, 2.75) is 102 Å². The van der Waals surface area contributed by atoms with Crippen LogP contribution in [0.3, 0.4) is 0 Å². The molecule has 0 N–H and O–H groups in total. The fourth-order valence-corrected chi connectivity index (χ4v) is 4.90. The van der Waals surface area contributed by atoms with Crippen LogP contribution in [0.5, 0.6) is 0 Å². The van der Waals surface area contributed by atoms with Gasteiger partial charge in [-0.1, -0.05) is 47.6 Å². The predicted octanol–water partition coefficient (Wildman–Crippen LogP) is 5.32. The van der Waals surface area contributed by atoms with Gasteiger partial charge in [-0.3, -0.25) is 0 Å². The zero-order chi connectivity index (χ0) is 19.8. The maximum absolute atomic E-state index is 6.73. The lowest BCUT2D eigenvalue weighted by molar-refractivity contribution is -0.139. The molecule has 0 saturated carbocycles. The largest absolute Gasteiger partial charge is 0.408 e. The van der Waals surface area contributed by atoms with Gasteiger partial charge in [0.15, 0.2) is 22.9 Å². The summed E-state index contributed by atoms with van der Waals surface area (Å²) < 4.78 is 25.1. The molecule has 1 rings (SSSR count). The number of hydrogen-bond acceptors (Lipinski definition) is 4. The van der Waals surface area contributed by atoms with Crippen molar-refractivity contribution in [2.24, 2.45) is 0 Å². The molecule has 1 aliphatic rings. The molecule has 6 heteroatoms. The van der Waals surface area contributed by atoms with E-state index in [9.17, 15) is 0 Å². The van der Waals surface area contributed by atoms with Crippen molar-refractivity contribution < 1.29 is 18.3 Å². The van der Waals surface area contributed by atoms with Gasteiger partial charge in [-0.05, 0) is 36.3 Å². The summed E-state index contributed by atoms with van der Waals surface area (Å²) in [5, 5.41) is 0.227. The topological polar surface area (TPSA) is 36.9 Å². The van der Waals surface area contributed by atoms with Crippen molar-refractivity contribution >= 4 is 16.6 Å². The summed E-state index contributed by atoms with van der Waals surface area (Å²) in [7, 11) is -2.31. The number of rotatable bonds is 6. The normalized spacial score (nSPS) is 29.1. The van der Waals surface area contributed by atoms with Crippen LogP contribution in [0.15, 0.2) is 12.7 Å². The number of ether oxygens (including phenoxy) is 2. The quantitative estimate of drug-likeness (QED) is 0.455. The first-order valence-electron chi connectivity index (χ1n) is 9.24. The Hall–Kier alpha value is 0.0138. The van der Waals surface area contributed by atoms with E-state index in [1.165, 1.54) is 0 Å². The first-order valence-corrected chi connectivity index (χ1v) is 15.1. The first-order chi connectivity index (χ1) is 11.1. The molecule has 0 spiro atoms. The van der Waals surface area contributed by atoms with Gasteiger partial charge in [0.05, 0.1) is 0 Å². The molecule has 1 heterocycles. The van der Waals surface area contributed by atoms with Crippen LogP contribution < -0.4 is 0 Å². The lowest BCUT2D eigenvalue weighted by atomic mass is 10.1. The monoisotopic (exact) mass is 388 g/mol. The van der Waals surface area contributed by atoms with E-state index in [1.807, 2.05) is 6.08 Å². The minimum absolute atomic E-state index is 0.110. The predicted molar refractivity (Wildman–Crippen MR) is 110 cm³/mol. The molecule has 0 aromatic heterocycles. The Bertz CT molecular complexity index is 463. The molecule has 0 aromatic carbocycles. The number of methoxy groups -OCH3 is 1. The van der Waals surface area contributed by atoms with Gasteiger partial charge in [-0.2, -0.15) is 0 Å². The highest BCUT2D eigenvalue weighted by molar-refractivity contribution is 6.74. The molecule has 1 saturated heterocycles. The maximum Gasteiger partial charge on any atom is 0.192 e. The Kier molecular flexibility index (Phi) is 6.97. The second-order valence-electron chi connectivity index (χ2n) is 10.1. The third-order valence-electron chi connectivity index (χ3n) is 6.15. The maximum atomic E-state index is 6.73. The molecule has 0 aromatic rings. The van der Waals surface area contributed by atoms with Crippen molar-refractivity contribution in [2.75, 3.05) is 7.11 Å². The van der Waals surface area contributed by atoms with E-state index in [4.69, 9.17) is 18.3 Å². The molecule has 148 valence electrons. The van der Waals surface area contributed by atoms with E-state index in [2.05, 4.69) is 74.3 Å². The fourth-order valence-electron chi connectivity index (χ4n) is 2.32. The van der Waals surface area contributed by atoms with Crippen LogP contribution in [-0.4, -0.2) is 48.3 Å². The Morgan fingerprint density at radius 1 is 0.840 bits per heavy atom. The summed E-state index contributed by atoms with van der Waals surface area (Å²) in [5.41, 5.74) is 0. The highest BCUT2D eigenvalue weighted by Crippen LogP contribution is 2.43. The van der Waals surface area contributed by atoms with Gasteiger partial charge in [0.1, 0.15) is 18.3 Å². The average Bonchev–Trinajstić information content (AvgIpc) is 2.72. The second kappa shape index (κ2) is 7.56. The van der Waals surface area contributed by atoms with E-state index in [-0.39, 0.29) is 28.4 Å². The molecule has 4 nitrogen and oxygen atoms in total. The SMILES string of the molecule is C=C[C@@H]1O[C@@H](OC)[C@H](O[Si](C)(C)C(C)(C)C)[C@@H]1O[Si](C)(C)C(C)(C)C. The zero-order valence-electron chi connectivity index (χ0n) is 18.2. The van der Waals surface area contributed by atoms with Crippen molar-refractivity contribution in [3.63, 3.8) is 0 Å². The average molecular weight is 389 g/mol. The minimum Gasteiger partial charge on any atom is -0.408 e. The molecule has 0 bridgehead atoms. The van der Waals surface area contributed by atoms with Gasteiger partial charge in [-0.25, -0.2) is 0 Å². The smallest absolute Gasteiger partial charge is 0.192 e. The second-order valence-corrected chi connectivity index (χ2v) is 19.6. The van der Waals surface area contributed by atoms with Crippen LogP contribution in [0.1, 0.15) is 41.5 Å². The van der Waals surface area contributed by atoms with E-state index < -0.39 is 22.9 Å². The summed E-state index contributed by atoms with van der Waals surface area (Å²) in [6.45, 7) is 26.4. The van der Waals surface area contributed by atoms with E-state index in [1.54, 1.807) is 7.11 Å². The first kappa shape index (κ1) is 23.1. The van der Waals surface area contributed by atoms with Crippen LogP contribution in [0.25, 0.3) is 0 Å². The van der Waals surface area contributed by atoms with Crippen LogP contribution in [0.2, 0.25) is 36.3 Å². The molecular weight excluding hydrogens is 348 g/mol. The van der Waals surface area contributed by atoms with Crippen LogP contribution in [0, 0.1) is 0 Å². The molecular formula is C19H40O4Si2. The molecule has 1 aliphatic heterocycles. The molecule has 0 aliphatic carbocycles. The van der Waals surface area contributed by atoms with Gasteiger partial charge < -0.3 is 18.3 Å². The summed E-state index contributed by atoms with van der Waals surface area (Å²) in [6.07, 6.45) is 0.764. The number of hydrogen-bond donors (Lipinski definition) is 0. The van der Waals surface area contributed by atoms with Gasteiger partial charge in [0.25, 0.3) is 0 Å². The van der Waals surface area contributed by atoms with Crippen molar-refractivity contribution in [3.05, 3.63) is 12.7 Å². The van der Waals surface area contributed by atoms with E-state index >= 15 is 0 Å².